The molecule has 4 heteroatoms. The van der Waals surface area contributed by atoms with Gasteiger partial charge < -0.3 is 10.2 Å². The van der Waals surface area contributed by atoms with Crippen molar-refractivity contribution < 1.29 is 4.79 Å². The van der Waals surface area contributed by atoms with E-state index in [4.69, 9.17) is 0 Å². The summed E-state index contributed by atoms with van der Waals surface area (Å²) in [6, 6.07) is 7.50. The van der Waals surface area contributed by atoms with E-state index in [1.807, 2.05) is 25.1 Å². The van der Waals surface area contributed by atoms with Crippen LogP contribution in [0.2, 0.25) is 0 Å². The minimum absolute atomic E-state index is 0.183. The Balaban J connectivity index is 1.82. The lowest BCUT2D eigenvalue weighted by atomic mass is 9.97. The predicted molar refractivity (Wildman–Crippen MR) is 88.6 cm³/mol. The Morgan fingerprint density at radius 3 is 2.62 bits per heavy atom. The predicted octanol–water partition coefficient (Wildman–Crippen LogP) is 3.50. The van der Waals surface area contributed by atoms with Gasteiger partial charge in [0.15, 0.2) is 0 Å². The Labute approximate surface area is 135 Å². The second-order valence-corrected chi connectivity index (χ2v) is 7.12. The molecular formula is C17H23BrN2O. The van der Waals surface area contributed by atoms with Crippen LogP contribution in [0.1, 0.15) is 48.5 Å². The zero-order chi connectivity index (χ0) is 15.0. The summed E-state index contributed by atoms with van der Waals surface area (Å²) in [5.41, 5.74) is 1.87. The number of rotatable bonds is 3. The van der Waals surface area contributed by atoms with Gasteiger partial charge in [0.1, 0.15) is 0 Å². The van der Waals surface area contributed by atoms with E-state index in [1.54, 1.807) is 0 Å². The summed E-state index contributed by atoms with van der Waals surface area (Å²) < 4.78 is 1.01. The van der Waals surface area contributed by atoms with E-state index in [-0.39, 0.29) is 5.91 Å². The fourth-order valence-electron chi connectivity index (χ4n) is 3.84. The van der Waals surface area contributed by atoms with Crippen LogP contribution in [0, 0.1) is 6.92 Å². The molecule has 0 radical (unpaired) electrons. The second-order valence-electron chi connectivity index (χ2n) is 6.27. The quantitative estimate of drug-likeness (QED) is 0.904. The van der Waals surface area contributed by atoms with Crippen LogP contribution in [0.5, 0.6) is 0 Å². The molecule has 2 heterocycles. The highest BCUT2D eigenvalue weighted by Crippen LogP contribution is 2.31. The molecule has 1 aromatic rings. The van der Waals surface area contributed by atoms with Gasteiger partial charge in [-0.15, -0.1) is 0 Å². The number of hydrogen-bond donors (Lipinski definition) is 1. The van der Waals surface area contributed by atoms with Crippen molar-refractivity contribution in [3.05, 3.63) is 33.8 Å². The van der Waals surface area contributed by atoms with Crippen LogP contribution >= 0.6 is 15.9 Å². The number of nitrogens with one attached hydrogen (secondary N) is 1. The SMILES string of the molecule is CCN(C(=O)c1cccc(Br)c1C)C1CC2CCC(C1)N2. The molecule has 2 atom stereocenters. The molecule has 2 unspecified atom stereocenters. The number of hydrogen-bond acceptors (Lipinski definition) is 2. The maximum atomic E-state index is 13.0. The summed E-state index contributed by atoms with van der Waals surface area (Å²) in [5, 5.41) is 3.65. The zero-order valence-electron chi connectivity index (χ0n) is 12.7. The first-order valence-electron chi connectivity index (χ1n) is 7.92. The molecule has 3 nitrogen and oxygen atoms in total. The number of carbonyl (C=O) groups is 1. The van der Waals surface area contributed by atoms with Crippen molar-refractivity contribution >= 4 is 21.8 Å². The van der Waals surface area contributed by atoms with Crippen molar-refractivity contribution in [2.45, 2.75) is 57.7 Å². The topological polar surface area (TPSA) is 32.3 Å². The maximum absolute atomic E-state index is 13.0. The van der Waals surface area contributed by atoms with Gasteiger partial charge in [0.05, 0.1) is 0 Å². The van der Waals surface area contributed by atoms with E-state index < -0.39 is 0 Å². The van der Waals surface area contributed by atoms with Gasteiger partial charge in [-0.25, -0.2) is 0 Å². The Morgan fingerprint density at radius 1 is 1.33 bits per heavy atom. The largest absolute Gasteiger partial charge is 0.336 e. The van der Waals surface area contributed by atoms with Crippen LogP contribution in [-0.2, 0) is 0 Å². The van der Waals surface area contributed by atoms with Gasteiger partial charge in [0, 0.05) is 34.7 Å². The van der Waals surface area contributed by atoms with Crippen LogP contribution in [0.25, 0.3) is 0 Å². The summed E-state index contributed by atoms with van der Waals surface area (Å²) in [6.07, 6.45) is 4.73. The fraction of sp³-hybridized carbons (Fsp3) is 0.588. The monoisotopic (exact) mass is 350 g/mol. The molecule has 1 aromatic carbocycles. The number of carbonyl (C=O) groups excluding carboxylic acids is 1. The number of piperidine rings is 1. The summed E-state index contributed by atoms with van der Waals surface area (Å²) in [7, 11) is 0. The van der Waals surface area contributed by atoms with Crippen LogP contribution in [0.4, 0.5) is 0 Å². The molecular weight excluding hydrogens is 328 g/mol. The molecule has 21 heavy (non-hydrogen) atoms. The van der Waals surface area contributed by atoms with Gasteiger partial charge >= 0.3 is 0 Å². The van der Waals surface area contributed by atoms with E-state index in [2.05, 4.69) is 33.1 Å². The number of amides is 1. The third-order valence-corrected chi connectivity index (χ3v) is 5.85. The van der Waals surface area contributed by atoms with Crippen molar-refractivity contribution in [3.63, 3.8) is 0 Å². The van der Waals surface area contributed by atoms with Crippen molar-refractivity contribution in [1.29, 1.82) is 0 Å². The molecule has 2 aliphatic heterocycles. The van der Waals surface area contributed by atoms with E-state index >= 15 is 0 Å². The molecule has 1 N–H and O–H groups in total. The Morgan fingerprint density at radius 2 is 2.00 bits per heavy atom. The third-order valence-electron chi connectivity index (χ3n) is 4.99. The van der Waals surface area contributed by atoms with Gasteiger partial charge in [-0.2, -0.15) is 0 Å². The minimum atomic E-state index is 0.183. The van der Waals surface area contributed by atoms with Crippen molar-refractivity contribution in [3.8, 4) is 0 Å². The van der Waals surface area contributed by atoms with Crippen molar-refractivity contribution in [2.75, 3.05) is 6.54 Å². The molecule has 0 aromatic heterocycles. The molecule has 0 spiro atoms. The smallest absolute Gasteiger partial charge is 0.254 e. The zero-order valence-corrected chi connectivity index (χ0v) is 14.3. The van der Waals surface area contributed by atoms with Gasteiger partial charge in [-0.3, -0.25) is 4.79 Å². The van der Waals surface area contributed by atoms with Gasteiger partial charge in [-0.05, 0) is 57.2 Å². The first-order chi connectivity index (χ1) is 10.1. The lowest BCUT2D eigenvalue weighted by Crippen LogP contribution is -2.50. The normalized spacial score (nSPS) is 27.7. The number of nitrogens with zero attached hydrogens (tertiary/aromatic N) is 1. The number of halogens is 1. The highest BCUT2D eigenvalue weighted by atomic mass is 79.9. The molecule has 1 amide bonds. The van der Waals surface area contributed by atoms with E-state index in [0.717, 1.165) is 35.0 Å². The molecule has 2 saturated heterocycles. The molecule has 114 valence electrons. The number of benzene rings is 1. The average Bonchev–Trinajstić information content (AvgIpc) is 2.81. The van der Waals surface area contributed by atoms with E-state index in [9.17, 15) is 4.79 Å². The Bertz CT molecular complexity index is 534. The first kappa shape index (κ1) is 15.0. The Kier molecular flexibility index (Phi) is 4.36. The van der Waals surface area contributed by atoms with E-state index in [0.29, 0.717) is 18.1 Å². The Hall–Kier alpha value is -0.870. The molecule has 3 rings (SSSR count). The molecule has 0 aliphatic carbocycles. The summed E-state index contributed by atoms with van der Waals surface area (Å²) in [4.78, 5) is 15.1. The lowest BCUT2D eigenvalue weighted by Gasteiger charge is -2.37. The van der Waals surface area contributed by atoms with Gasteiger partial charge in [0.25, 0.3) is 5.91 Å². The van der Waals surface area contributed by atoms with E-state index in [1.165, 1.54) is 12.8 Å². The molecule has 0 saturated carbocycles. The van der Waals surface area contributed by atoms with Crippen molar-refractivity contribution in [2.24, 2.45) is 0 Å². The third kappa shape index (κ3) is 2.88. The lowest BCUT2D eigenvalue weighted by molar-refractivity contribution is 0.0630. The minimum Gasteiger partial charge on any atom is -0.336 e. The van der Waals surface area contributed by atoms with Crippen LogP contribution in [-0.4, -0.2) is 35.5 Å². The first-order valence-corrected chi connectivity index (χ1v) is 8.71. The number of fused-ring (bicyclic) bond motifs is 2. The molecule has 2 fully saturated rings. The summed E-state index contributed by atoms with van der Waals surface area (Å²) >= 11 is 3.53. The summed E-state index contributed by atoms with van der Waals surface area (Å²) in [5.74, 6) is 0.183. The summed E-state index contributed by atoms with van der Waals surface area (Å²) in [6.45, 7) is 4.89. The van der Waals surface area contributed by atoms with Crippen LogP contribution < -0.4 is 5.32 Å². The van der Waals surface area contributed by atoms with Crippen molar-refractivity contribution in [1.82, 2.24) is 10.2 Å². The van der Waals surface area contributed by atoms with Gasteiger partial charge in [-0.1, -0.05) is 22.0 Å². The standard InChI is InChI=1S/C17H23BrN2O/c1-3-20(14-9-12-7-8-13(10-14)19-12)17(21)15-5-4-6-16(18)11(15)2/h4-6,12-14,19H,3,7-10H2,1-2H3. The fourth-order valence-corrected chi connectivity index (χ4v) is 4.21. The van der Waals surface area contributed by atoms with Crippen LogP contribution in [0.3, 0.4) is 0 Å². The molecule has 2 aliphatic rings. The highest BCUT2D eigenvalue weighted by Gasteiger charge is 2.37. The second kappa shape index (κ2) is 6.09. The highest BCUT2D eigenvalue weighted by molar-refractivity contribution is 9.10. The maximum Gasteiger partial charge on any atom is 0.254 e. The van der Waals surface area contributed by atoms with Gasteiger partial charge in [0.2, 0.25) is 0 Å². The average molecular weight is 351 g/mol. The van der Waals surface area contributed by atoms with Crippen LogP contribution in [0.15, 0.2) is 22.7 Å². The molecule has 2 bridgehead atoms.